The molecule has 0 atom stereocenters. The van der Waals surface area contributed by atoms with Crippen LogP contribution in [-0.2, 0) is 0 Å². The summed E-state index contributed by atoms with van der Waals surface area (Å²) >= 11 is 1.60. The summed E-state index contributed by atoms with van der Waals surface area (Å²) in [6.07, 6.45) is 9.51. The Labute approximate surface area is 88.9 Å². The Kier molecular flexibility index (Phi) is 3.74. The number of hydrogen-bond acceptors (Lipinski definition) is 4. The van der Waals surface area contributed by atoms with Crippen LogP contribution in [0, 0.1) is 0 Å². The molecule has 1 heterocycles. The second-order valence-electron chi connectivity index (χ2n) is 3.93. The largest absolute Gasteiger partial charge is 0.357 e. The zero-order valence-corrected chi connectivity index (χ0v) is 9.22. The van der Waals surface area contributed by atoms with Crippen molar-refractivity contribution in [3.8, 4) is 0 Å². The van der Waals surface area contributed by atoms with E-state index in [0.29, 0.717) is 6.04 Å². The van der Waals surface area contributed by atoms with Gasteiger partial charge in [0.05, 0.1) is 0 Å². The lowest BCUT2D eigenvalue weighted by Crippen LogP contribution is -2.20. The van der Waals surface area contributed by atoms with Crippen molar-refractivity contribution >= 4 is 16.5 Å². The van der Waals surface area contributed by atoms with Crippen LogP contribution >= 0.6 is 11.3 Å². The average molecular weight is 211 g/mol. The average Bonchev–Trinajstić information content (AvgIpc) is 2.62. The molecule has 0 aromatic carbocycles. The lowest BCUT2D eigenvalue weighted by atomic mass is 9.97. The number of nitrogens with one attached hydrogen (secondary N) is 1. The van der Waals surface area contributed by atoms with Gasteiger partial charge in [0.1, 0.15) is 5.51 Å². The second-order valence-corrected chi connectivity index (χ2v) is 4.76. The van der Waals surface area contributed by atoms with Gasteiger partial charge in [0.15, 0.2) is 0 Å². The smallest absolute Gasteiger partial charge is 0.205 e. The minimum Gasteiger partial charge on any atom is -0.357 e. The molecule has 4 heteroatoms. The SMILES string of the molecule is c1nnc(NC2CCCCCCC2)s1. The van der Waals surface area contributed by atoms with E-state index in [0.717, 1.165) is 5.13 Å². The first-order chi connectivity index (χ1) is 6.95. The maximum Gasteiger partial charge on any atom is 0.205 e. The van der Waals surface area contributed by atoms with Gasteiger partial charge in [-0.15, -0.1) is 10.2 Å². The highest BCUT2D eigenvalue weighted by atomic mass is 32.1. The van der Waals surface area contributed by atoms with E-state index in [-0.39, 0.29) is 0 Å². The van der Waals surface area contributed by atoms with Gasteiger partial charge in [-0.25, -0.2) is 0 Å². The van der Waals surface area contributed by atoms with Gasteiger partial charge >= 0.3 is 0 Å². The standard InChI is InChI=1S/C10H17N3S/c1-2-4-6-9(7-5-3-1)12-10-13-11-8-14-10/h8-9H,1-7H2,(H,12,13). The molecule has 0 amide bonds. The normalized spacial score (nSPS) is 20.0. The van der Waals surface area contributed by atoms with Crippen LogP contribution in [0.3, 0.4) is 0 Å². The molecule has 1 N–H and O–H groups in total. The van der Waals surface area contributed by atoms with Crippen molar-refractivity contribution in [3.63, 3.8) is 0 Å². The van der Waals surface area contributed by atoms with Crippen LogP contribution in [0.2, 0.25) is 0 Å². The summed E-state index contributed by atoms with van der Waals surface area (Å²) in [5, 5.41) is 12.3. The molecule has 0 unspecified atom stereocenters. The van der Waals surface area contributed by atoms with Crippen LogP contribution in [0.4, 0.5) is 5.13 Å². The Morgan fingerprint density at radius 2 is 1.86 bits per heavy atom. The molecule has 3 nitrogen and oxygen atoms in total. The summed E-state index contributed by atoms with van der Waals surface area (Å²) < 4.78 is 0. The van der Waals surface area contributed by atoms with E-state index < -0.39 is 0 Å². The van der Waals surface area contributed by atoms with Gasteiger partial charge in [0, 0.05) is 6.04 Å². The van der Waals surface area contributed by atoms with E-state index in [1.54, 1.807) is 16.8 Å². The zero-order chi connectivity index (χ0) is 9.64. The monoisotopic (exact) mass is 211 g/mol. The van der Waals surface area contributed by atoms with Crippen molar-refractivity contribution in [2.24, 2.45) is 0 Å². The summed E-state index contributed by atoms with van der Waals surface area (Å²) in [5.41, 5.74) is 1.78. The van der Waals surface area contributed by atoms with Crippen molar-refractivity contribution in [2.75, 3.05) is 5.32 Å². The molecule has 14 heavy (non-hydrogen) atoms. The molecule has 78 valence electrons. The minimum absolute atomic E-state index is 0.628. The molecule has 1 fully saturated rings. The lowest BCUT2D eigenvalue weighted by Gasteiger charge is -2.20. The van der Waals surface area contributed by atoms with E-state index in [1.807, 2.05) is 0 Å². The highest BCUT2D eigenvalue weighted by Crippen LogP contribution is 2.20. The van der Waals surface area contributed by atoms with Gasteiger partial charge < -0.3 is 5.32 Å². The number of anilines is 1. The van der Waals surface area contributed by atoms with Gasteiger partial charge in [-0.1, -0.05) is 43.4 Å². The Hall–Kier alpha value is -0.640. The van der Waals surface area contributed by atoms with Gasteiger partial charge in [-0.3, -0.25) is 0 Å². The number of aromatic nitrogens is 2. The van der Waals surface area contributed by atoms with Crippen LogP contribution < -0.4 is 5.32 Å². The Morgan fingerprint density at radius 1 is 1.14 bits per heavy atom. The first-order valence-corrected chi connectivity index (χ1v) is 6.36. The van der Waals surface area contributed by atoms with E-state index in [4.69, 9.17) is 0 Å². The minimum atomic E-state index is 0.628. The van der Waals surface area contributed by atoms with Gasteiger partial charge in [0.2, 0.25) is 5.13 Å². The third-order valence-electron chi connectivity index (χ3n) is 2.79. The number of rotatable bonds is 2. The fourth-order valence-electron chi connectivity index (χ4n) is 2.01. The molecule has 2 rings (SSSR count). The molecular formula is C10H17N3S. The third-order valence-corrected chi connectivity index (χ3v) is 3.42. The molecule has 0 aliphatic heterocycles. The highest BCUT2D eigenvalue weighted by molar-refractivity contribution is 7.13. The zero-order valence-electron chi connectivity index (χ0n) is 8.41. The maximum atomic E-state index is 4.02. The summed E-state index contributed by atoms with van der Waals surface area (Å²) in [4.78, 5) is 0. The van der Waals surface area contributed by atoms with Crippen molar-refractivity contribution in [1.82, 2.24) is 10.2 Å². The van der Waals surface area contributed by atoms with Crippen LogP contribution in [0.15, 0.2) is 5.51 Å². The summed E-state index contributed by atoms with van der Waals surface area (Å²) in [6, 6.07) is 0.628. The molecule has 1 aromatic heterocycles. The van der Waals surface area contributed by atoms with Crippen molar-refractivity contribution < 1.29 is 0 Å². The first kappa shape index (κ1) is 9.90. The molecular weight excluding hydrogens is 194 g/mol. The fraction of sp³-hybridized carbons (Fsp3) is 0.800. The fourth-order valence-corrected chi connectivity index (χ4v) is 2.53. The molecule has 0 saturated heterocycles. The molecule has 1 aliphatic carbocycles. The molecule has 0 radical (unpaired) electrons. The summed E-state index contributed by atoms with van der Waals surface area (Å²) in [6.45, 7) is 0. The van der Waals surface area contributed by atoms with Crippen LogP contribution in [-0.4, -0.2) is 16.2 Å². The molecule has 1 aliphatic rings. The third kappa shape index (κ3) is 2.94. The summed E-state index contributed by atoms with van der Waals surface area (Å²) in [5.74, 6) is 0. The molecule has 0 spiro atoms. The highest BCUT2D eigenvalue weighted by Gasteiger charge is 2.11. The van der Waals surface area contributed by atoms with Crippen molar-refractivity contribution in [2.45, 2.75) is 51.0 Å². The van der Waals surface area contributed by atoms with E-state index in [9.17, 15) is 0 Å². The van der Waals surface area contributed by atoms with Crippen molar-refractivity contribution in [1.29, 1.82) is 0 Å². The number of nitrogens with zero attached hydrogens (tertiary/aromatic N) is 2. The quantitative estimate of drug-likeness (QED) is 0.817. The van der Waals surface area contributed by atoms with Crippen LogP contribution in [0.1, 0.15) is 44.9 Å². The van der Waals surface area contributed by atoms with E-state index in [1.165, 1.54) is 44.9 Å². The lowest BCUT2D eigenvalue weighted by molar-refractivity contribution is 0.471. The Morgan fingerprint density at radius 3 is 2.50 bits per heavy atom. The summed E-state index contributed by atoms with van der Waals surface area (Å²) in [7, 11) is 0. The molecule has 0 bridgehead atoms. The van der Waals surface area contributed by atoms with Gasteiger partial charge in [-0.2, -0.15) is 0 Å². The van der Waals surface area contributed by atoms with E-state index in [2.05, 4.69) is 15.5 Å². The van der Waals surface area contributed by atoms with E-state index >= 15 is 0 Å². The maximum absolute atomic E-state index is 4.02. The molecule has 1 saturated carbocycles. The Bertz CT molecular complexity index is 240. The van der Waals surface area contributed by atoms with Gasteiger partial charge in [-0.05, 0) is 12.8 Å². The Balaban J connectivity index is 1.83. The van der Waals surface area contributed by atoms with Crippen LogP contribution in [0.25, 0.3) is 0 Å². The molecule has 1 aromatic rings. The van der Waals surface area contributed by atoms with Crippen LogP contribution in [0.5, 0.6) is 0 Å². The number of hydrogen-bond donors (Lipinski definition) is 1. The topological polar surface area (TPSA) is 37.8 Å². The second kappa shape index (κ2) is 5.29. The predicted octanol–water partition coefficient (Wildman–Crippen LogP) is 3.06. The van der Waals surface area contributed by atoms with Gasteiger partial charge in [0.25, 0.3) is 0 Å². The van der Waals surface area contributed by atoms with Crippen molar-refractivity contribution in [3.05, 3.63) is 5.51 Å². The predicted molar refractivity (Wildman–Crippen MR) is 59.6 cm³/mol. The first-order valence-electron chi connectivity index (χ1n) is 5.48.